The van der Waals surface area contributed by atoms with E-state index in [0.29, 0.717) is 17.0 Å². The summed E-state index contributed by atoms with van der Waals surface area (Å²) in [5.41, 5.74) is 3.78. The zero-order valence-corrected chi connectivity index (χ0v) is 15.5. The lowest BCUT2D eigenvalue weighted by Crippen LogP contribution is -1.96. The maximum atomic E-state index is 5.71. The van der Waals surface area contributed by atoms with Crippen molar-refractivity contribution in [1.82, 2.24) is 10.2 Å². The largest absolute Gasteiger partial charge is 0.484 e. The van der Waals surface area contributed by atoms with Crippen molar-refractivity contribution in [3.8, 4) is 5.75 Å². The van der Waals surface area contributed by atoms with Crippen LogP contribution in [0, 0.1) is 6.92 Å². The molecule has 1 heterocycles. The first-order chi connectivity index (χ1) is 12.1. The minimum absolute atomic E-state index is 0.277. The van der Waals surface area contributed by atoms with Crippen LogP contribution < -0.4 is 4.74 Å². The Morgan fingerprint density at radius 1 is 1.00 bits per heavy atom. The molecule has 4 nitrogen and oxygen atoms in total. The molecule has 0 aliphatic heterocycles. The lowest BCUT2D eigenvalue weighted by Gasteiger charge is -2.07. The molecule has 0 bridgehead atoms. The molecule has 2 aromatic carbocycles. The second kappa shape index (κ2) is 8.21. The van der Waals surface area contributed by atoms with Gasteiger partial charge in [-0.2, -0.15) is 0 Å². The maximum Gasteiger partial charge on any atom is 0.277 e. The molecular weight excluding hydrogens is 332 g/mol. The number of ether oxygens (including phenoxy) is 1. The SMILES string of the molecule is Cc1ccc(CSc2nnc(COc3ccc(C(C)C)cc3)o2)cc1. The van der Waals surface area contributed by atoms with E-state index in [1.165, 1.54) is 28.5 Å². The van der Waals surface area contributed by atoms with Crippen LogP contribution in [0.5, 0.6) is 5.75 Å². The zero-order chi connectivity index (χ0) is 17.6. The minimum Gasteiger partial charge on any atom is -0.484 e. The molecule has 5 heteroatoms. The van der Waals surface area contributed by atoms with Gasteiger partial charge in [-0.25, -0.2) is 0 Å². The molecule has 1 aromatic heterocycles. The minimum atomic E-state index is 0.277. The molecule has 0 N–H and O–H groups in total. The molecular formula is C20H22N2O2S. The van der Waals surface area contributed by atoms with Gasteiger partial charge in [0.2, 0.25) is 0 Å². The predicted octanol–water partition coefficient (Wildman–Crippen LogP) is 5.37. The highest BCUT2D eigenvalue weighted by atomic mass is 32.2. The molecule has 0 atom stereocenters. The molecule has 0 fully saturated rings. The standard InChI is InChI=1S/C20H22N2O2S/c1-14(2)17-8-10-18(11-9-17)23-12-19-21-22-20(24-19)25-13-16-6-4-15(3)5-7-16/h4-11,14H,12-13H2,1-3H3. The Hall–Kier alpha value is -2.27. The van der Waals surface area contributed by atoms with Gasteiger partial charge < -0.3 is 9.15 Å². The normalized spacial score (nSPS) is 11.0. The van der Waals surface area contributed by atoms with Crippen molar-refractivity contribution in [3.05, 3.63) is 71.1 Å². The Balaban J connectivity index is 1.50. The van der Waals surface area contributed by atoms with E-state index in [1.54, 1.807) is 0 Å². The quantitative estimate of drug-likeness (QED) is 0.534. The van der Waals surface area contributed by atoms with E-state index in [-0.39, 0.29) is 6.61 Å². The van der Waals surface area contributed by atoms with Crippen molar-refractivity contribution >= 4 is 11.8 Å². The number of hydrogen-bond donors (Lipinski definition) is 0. The first-order valence-corrected chi connectivity index (χ1v) is 9.32. The molecule has 0 aliphatic carbocycles. The number of thioether (sulfide) groups is 1. The van der Waals surface area contributed by atoms with E-state index in [9.17, 15) is 0 Å². The summed E-state index contributed by atoms with van der Waals surface area (Å²) in [6.45, 7) is 6.70. The lowest BCUT2D eigenvalue weighted by molar-refractivity contribution is 0.252. The Labute approximate surface area is 152 Å². The number of benzene rings is 2. The van der Waals surface area contributed by atoms with Crippen molar-refractivity contribution in [2.75, 3.05) is 0 Å². The summed E-state index contributed by atoms with van der Waals surface area (Å²) in [6.07, 6.45) is 0. The Morgan fingerprint density at radius 2 is 1.72 bits per heavy atom. The summed E-state index contributed by atoms with van der Waals surface area (Å²) in [5.74, 6) is 2.60. The molecule has 3 aromatic rings. The van der Waals surface area contributed by atoms with Gasteiger partial charge in [-0.05, 0) is 36.1 Å². The van der Waals surface area contributed by atoms with E-state index in [2.05, 4.69) is 67.4 Å². The molecule has 0 radical (unpaired) electrons. The van der Waals surface area contributed by atoms with E-state index < -0.39 is 0 Å². The van der Waals surface area contributed by atoms with Crippen molar-refractivity contribution < 1.29 is 9.15 Å². The molecule has 25 heavy (non-hydrogen) atoms. The highest BCUT2D eigenvalue weighted by Gasteiger charge is 2.08. The van der Waals surface area contributed by atoms with Crippen LogP contribution in [0.1, 0.15) is 42.3 Å². The highest BCUT2D eigenvalue weighted by molar-refractivity contribution is 7.98. The van der Waals surface area contributed by atoms with E-state index in [0.717, 1.165) is 11.5 Å². The Morgan fingerprint density at radius 3 is 2.40 bits per heavy atom. The fourth-order valence-electron chi connectivity index (χ4n) is 2.28. The number of rotatable bonds is 7. The third-order valence-corrected chi connectivity index (χ3v) is 4.73. The summed E-state index contributed by atoms with van der Waals surface area (Å²) in [6, 6.07) is 16.5. The maximum absolute atomic E-state index is 5.71. The number of aromatic nitrogens is 2. The summed E-state index contributed by atoms with van der Waals surface area (Å²) in [4.78, 5) is 0. The van der Waals surface area contributed by atoms with Gasteiger partial charge in [-0.1, -0.05) is 67.6 Å². The molecule has 0 saturated heterocycles. The summed E-state index contributed by atoms with van der Waals surface area (Å²) in [5, 5.41) is 8.67. The molecule has 130 valence electrons. The molecule has 3 rings (SSSR count). The fourth-order valence-corrected chi connectivity index (χ4v) is 3.01. The lowest BCUT2D eigenvalue weighted by atomic mass is 10.0. The molecule has 0 spiro atoms. The molecule has 0 unspecified atom stereocenters. The average molecular weight is 354 g/mol. The van der Waals surface area contributed by atoms with Gasteiger partial charge in [0.1, 0.15) is 5.75 Å². The first kappa shape index (κ1) is 17.5. The van der Waals surface area contributed by atoms with Crippen LogP contribution in [0.4, 0.5) is 0 Å². The monoisotopic (exact) mass is 354 g/mol. The van der Waals surface area contributed by atoms with Gasteiger partial charge in [0, 0.05) is 5.75 Å². The third kappa shape index (κ3) is 5.10. The van der Waals surface area contributed by atoms with E-state index >= 15 is 0 Å². The average Bonchev–Trinajstić information content (AvgIpc) is 3.08. The highest BCUT2D eigenvalue weighted by Crippen LogP contribution is 2.23. The van der Waals surface area contributed by atoms with Gasteiger partial charge in [-0.15, -0.1) is 10.2 Å². The number of aryl methyl sites for hydroxylation is 1. The topological polar surface area (TPSA) is 48.2 Å². The summed E-state index contributed by atoms with van der Waals surface area (Å²) >= 11 is 1.53. The first-order valence-electron chi connectivity index (χ1n) is 8.33. The smallest absolute Gasteiger partial charge is 0.277 e. The van der Waals surface area contributed by atoms with Crippen LogP contribution in [-0.2, 0) is 12.4 Å². The van der Waals surface area contributed by atoms with Crippen molar-refractivity contribution in [2.45, 2.75) is 44.3 Å². The van der Waals surface area contributed by atoms with Crippen LogP contribution >= 0.6 is 11.8 Å². The van der Waals surface area contributed by atoms with Crippen LogP contribution in [0.2, 0.25) is 0 Å². The van der Waals surface area contributed by atoms with Gasteiger partial charge in [0.25, 0.3) is 11.1 Å². The van der Waals surface area contributed by atoms with Crippen molar-refractivity contribution in [2.24, 2.45) is 0 Å². The Kier molecular flexibility index (Phi) is 5.76. The predicted molar refractivity (Wildman–Crippen MR) is 99.9 cm³/mol. The summed E-state index contributed by atoms with van der Waals surface area (Å²) < 4.78 is 11.3. The fraction of sp³-hybridized carbons (Fsp3) is 0.300. The number of hydrogen-bond acceptors (Lipinski definition) is 5. The Bertz CT molecular complexity index is 795. The van der Waals surface area contributed by atoms with Crippen molar-refractivity contribution in [3.63, 3.8) is 0 Å². The van der Waals surface area contributed by atoms with E-state index in [4.69, 9.17) is 9.15 Å². The second-order valence-corrected chi connectivity index (χ2v) is 7.17. The van der Waals surface area contributed by atoms with E-state index in [1.807, 2.05) is 12.1 Å². The van der Waals surface area contributed by atoms with Gasteiger partial charge in [0.05, 0.1) is 0 Å². The van der Waals surface area contributed by atoms with Gasteiger partial charge >= 0.3 is 0 Å². The molecule has 0 saturated carbocycles. The second-order valence-electron chi connectivity index (χ2n) is 6.25. The number of nitrogens with zero attached hydrogens (tertiary/aromatic N) is 2. The third-order valence-electron chi connectivity index (χ3n) is 3.84. The van der Waals surface area contributed by atoms with Crippen LogP contribution in [0.15, 0.2) is 58.2 Å². The van der Waals surface area contributed by atoms with Crippen LogP contribution in [0.25, 0.3) is 0 Å². The van der Waals surface area contributed by atoms with Crippen molar-refractivity contribution in [1.29, 1.82) is 0 Å². The summed E-state index contributed by atoms with van der Waals surface area (Å²) in [7, 11) is 0. The van der Waals surface area contributed by atoms with Crippen LogP contribution in [0.3, 0.4) is 0 Å². The zero-order valence-electron chi connectivity index (χ0n) is 14.7. The van der Waals surface area contributed by atoms with Gasteiger partial charge in [0.15, 0.2) is 6.61 Å². The molecule has 0 amide bonds. The van der Waals surface area contributed by atoms with Gasteiger partial charge in [-0.3, -0.25) is 0 Å². The van der Waals surface area contributed by atoms with Crippen LogP contribution in [-0.4, -0.2) is 10.2 Å². The molecule has 0 aliphatic rings.